The summed E-state index contributed by atoms with van der Waals surface area (Å²) in [5.74, 6) is 3.33. The molecule has 0 amide bonds. The average molecular weight is 861 g/mol. The summed E-state index contributed by atoms with van der Waals surface area (Å²) < 4.78 is 37.5. The highest BCUT2D eigenvalue weighted by atomic mass is 79.9. The van der Waals surface area contributed by atoms with Crippen molar-refractivity contribution < 1.29 is 27.9 Å². The summed E-state index contributed by atoms with van der Waals surface area (Å²) in [5, 5.41) is 0. The van der Waals surface area contributed by atoms with Gasteiger partial charge in [-0.05, 0) is 200 Å². The first-order valence-corrected chi connectivity index (χ1v) is 23.2. The van der Waals surface area contributed by atoms with E-state index in [-0.39, 0.29) is 40.7 Å². The first-order valence-electron chi connectivity index (χ1n) is 22.4. The molecule has 4 unspecified atom stereocenters. The Labute approximate surface area is 361 Å². The molecule has 58 heavy (non-hydrogen) atoms. The van der Waals surface area contributed by atoms with Gasteiger partial charge in [0, 0.05) is 17.6 Å². The topological polar surface area (TPSA) is 61.9 Å². The maximum Gasteiger partial charge on any atom is 0.494 e. The second kappa shape index (κ2) is 16.8. The van der Waals surface area contributed by atoms with E-state index in [0.717, 1.165) is 29.1 Å². The van der Waals surface area contributed by atoms with Crippen LogP contribution < -0.4 is 5.46 Å². The molecule has 0 radical (unpaired) electrons. The second-order valence-corrected chi connectivity index (χ2v) is 22.2. The van der Waals surface area contributed by atoms with Crippen molar-refractivity contribution >= 4 is 42.5 Å². The van der Waals surface area contributed by atoms with Gasteiger partial charge in [0.2, 0.25) is 0 Å². The zero-order chi connectivity index (χ0) is 41.9. The lowest BCUT2D eigenvalue weighted by atomic mass is 9.49. The van der Waals surface area contributed by atoms with Crippen LogP contribution in [0.2, 0.25) is 0 Å². The summed E-state index contributed by atoms with van der Waals surface area (Å²) in [7, 11) is -1.20. The van der Waals surface area contributed by atoms with Crippen LogP contribution in [-0.2, 0) is 27.9 Å². The summed E-state index contributed by atoms with van der Waals surface area (Å²) in [6, 6.07) is 17.7. The summed E-state index contributed by atoms with van der Waals surface area (Å²) >= 11 is 3.56. The van der Waals surface area contributed by atoms with Gasteiger partial charge in [-0.15, -0.1) is 0 Å². The predicted molar refractivity (Wildman–Crippen MR) is 242 cm³/mol. The Morgan fingerprint density at radius 2 is 0.879 bits per heavy atom. The molecule has 12 heteroatoms. The quantitative estimate of drug-likeness (QED) is 0.244. The minimum absolute atomic E-state index is 0.245. The van der Waals surface area contributed by atoms with Crippen molar-refractivity contribution in [3.05, 3.63) is 64.1 Å². The smallest absolute Gasteiger partial charge is 0.405 e. The van der Waals surface area contributed by atoms with E-state index < -0.39 is 14.0 Å². The fraction of sp³-hybridized carbons (Fsp3) is 0.739. The van der Waals surface area contributed by atoms with Gasteiger partial charge in [0.05, 0.1) is 33.6 Å². The molecule has 2 aromatic carbocycles. The average Bonchev–Trinajstić information content (AvgIpc) is 3.77. The van der Waals surface area contributed by atoms with Gasteiger partial charge in [-0.2, -0.15) is 0 Å². The Bertz CT molecular complexity index is 1650. The molecular formula is C46H72B3BrN2O6. The van der Waals surface area contributed by atoms with Crippen LogP contribution in [0.3, 0.4) is 0 Å². The number of rotatable bonds is 8. The van der Waals surface area contributed by atoms with Crippen LogP contribution in [0, 0.1) is 11.8 Å². The third-order valence-corrected chi connectivity index (χ3v) is 15.6. The van der Waals surface area contributed by atoms with Crippen molar-refractivity contribution in [2.45, 2.75) is 167 Å². The molecule has 0 N–H and O–H groups in total. The Hall–Kier alpha value is -1.21. The van der Waals surface area contributed by atoms with Crippen LogP contribution in [0.25, 0.3) is 0 Å². The van der Waals surface area contributed by atoms with Crippen molar-refractivity contribution in [1.29, 1.82) is 0 Å². The van der Waals surface area contributed by atoms with E-state index >= 15 is 0 Å². The molecule has 318 valence electrons. The van der Waals surface area contributed by atoms with Crippen molar-refractivity contribution in [3.63, 3.8) is 0 Å². The van der Waals surface area contributed by atoms with Gasteiger partial charge in [-0.3, -0.25) is 0 Å². The molecule has 8 nitrogen and oxygen atoms in total. The first-order chi connectivity index (χ1) is 27.1. The highest BCUT2D eigenvalue weighted by molar-refractivity contribution is 9.10. The standard InChI is InChI=1S/C20H30BNO2.C14H18BrN.C12H24B2O4/c1-19(2)20(3,4)24-21(23-19)17-9-7-8-15(12-17)18-13-16(18)14-22-10-5-6-11-22;15-13-5-3-4-11(8-13)14-9-12(14)10-16-6-1-2-7-16;1-9(2)10(3,4)16-13(15-9)14-17-11(5,6)12(7,8)18-14/h7-9,12,16,18H,5-6,10-11,13-14H2,1-4H3;3-5,8,12,14H,1-2,6-7,9-10H2;1-8H3. The Morgan fingerprint density at radius 1 is 0.517 bits per heavy atom. The maximum absolute atomic E-state index is 6.21. The number of hydrogen-bond acceptors (Lipinski definition) is 8. The molecule has 7 fully saturated rings. The molecule has 7 aliphatic rings. The molecule has 5 heterocycles. The Morgan fingerprint density at radius 3 is 1.28 bits per heavy atom. The highest BCUT2D eigenvalue weighted by Crippen LogP contribution is 2.49. The van der Waals surface area contributed by atoms with Crippen molar-refractivity contribution in [2.24, 2.45) is 11.8 Å². The number of nitrogens with zero attached hydrogens (tertiary/aromatic N) is 2. The largest absolute Gasteiger partial charge is 0.494 e. The third kappa shape index (κ3) is 10.0. The molecule has 5 saturated heterocycles. The third-order valence-electron chi connectivity index (χ3n) is 15.1. The fourth-order valence-electron chi connectivity index (χ4n) is 8.96. The van der Waals surface area contributed by atoms with E-state index in [4.69, 9.17) is 27.9 Å². The Balaban J connectivity index is 0.000000136. The molecule has 2 aliphatic carbocycles. The highest BCUT2D eigenvalue weighted by Gasteiger charge is 2.64. The van der Waals surface area contributed by atoms with Crippen LogP contribution in [0.5, 0.6) is 0 Å². The lowest BCUT2D eigenvalue weighted by Gasteiger charge is -2.32. The van der Waals surface area contributed by atoms with Crippen LogP contribution >= 0.6 is 15.9 Å². The monoisotopic (exact) mass is 860 g/mol. The lowest BCUT2D eigenvalue weighted by molar-refractivity contribution is 0.00578. The molecule has 5 aliphatic heterocycles. The number of hydrogen-bond donors (Lipinski definition) is 0. The summed E-state index contributed by atoms with van der Waals surface area (Å²) in [5.41, 5.74) is 2.17. The fourth-order valence-corrected chi connectivity index (χ4v) is 9.38. The van der Waals surface area contributed by atoms with Crippen LogP contribution in [0.4, 0.5) is 0 Å². The normalized spacial score (nSPS) is 31.2. The molecule has 4 atom stereocenters. The lowest BCUT2D eigenvalue weighted by Crippen LogP contribution is -2.41. The molecular weight excluding hydrogens is 789 g/mol. The van der Waals surface area contributed by atoms with E-state index in [1.54, 1.807) is 0 Å². The zero-order valence-electron chi connectivity index (χ0n) is 37.9. The van der Waals surface area contributed by atoms with E-state index in [1.165, 1.54) is 93.4 Å². The van der Waals surface area contributed by atoms with Crippen molar-refractivity contribution in [3.8, 4) is 0 Å². The zero-order valence-corrected chi connectivity index (χ0v) is 39.5. The van der Waals surface area contributed by atoms with Crippen LogP contribution in [0.1, 0.15) is 145 Å². The van der Waals surface area contributed by atoms with E-state index in [0.29, 0.717) is 0 Å². The molecule has 2 saturated carbocycles. The molecule has 0 bridgehead atoms. The molecule has 9 rings (SSSR count). The predicted octanol–water partition coefficient (Wildman–Crippen LogP) is 9.08. The number of halogens is 1. The molecule has 0 aromatic heterocycles. The molecule has 2 aromatic rings. The SMILES string of the molecule is Brc1cccc(C2CC2CN2CCCC2)c1.CC1(C)OB(B2OC(C)(C)C(C)(C)O2)OC1(C)C.CC1(C)OB(c2cccc(C3CC3CN3CCCC3)c2)OC1(C)C. The first kappa shape index (κ1) is 44.8. The van der Waals surface area contributed by atoms with Crippen LogP contribution in [-0.4, -0.2) is 104 Å². The van der Waals surface area contributed by atoms with Crippen molar-refractivity contribution in [2.75, 3.05) is 39.3 Å². The van der Waals surface area contributed by atoms with Gasteiger partial charge in [-0.25, -0.2) is 0 Å². The summed E-state index contributed by atoms with van der Waals surface area (Å²) in [6.45, 7) is 32.6. The van der Waals surface area contributed by atoms with Gasteiger partial charge in [0.1, 0.15) is 0 Å². The number of likely N-dealkylation sites (tertiary alicyclic amines) is 2. The molecule has 0 spiro atoms. The van der Waals surface area contributed by atoms with Crippen LogP contribution in [0.15, 0.2) is 53.0 Å². The van der Waals surface area contributed by atoms with E-state index in [2.05, 4.69) is 102 Å². The summed E-state index contributed by atoms with van der Waals surface area (Å²) in [6.07, 6.45) is 8.32. The van der Waals surface area contributed by atoms with Gasteiger partial charge in [-0.1, -0.05) is 52.3 Å². The summed E-state index contributed by atoms with van der Waals surface area (Å²) in [4.78, 5) is 5.28. The van der Waals surface area contributed by atoms with Gasteiger partial charge >= 0.3 is 21.1 Å². The second-order valence-electron chi connectivity index (χ2n) is 21.3. The van der Waals surface area contributed by atoms with Crippen molar-refractivity contribution in [1.82, 2.24) is 9.80 Å². The van der Waals surface area contributed by atoms with Gasteiger partial charge < -0.3 is 37.7 Å². The minimum atomic E-state index is -0.476. The maximum atomic E-state index is 6.21. The van der Waals surface area contributed by atoms with Gasteiger partial charge in [0.15, 0.2) is 0 Å². The van der Waals surface area contributed by atoms with E-state index in [9.17, 15) is 0 Å². The number of benzene rings is 2. The van der Waals surface area contributed by atoms with Gasteiger partial charge in [0.25, 0.3) is 0 Å². The Kier molecular flexibility index (Phi) is 13.0. The minimum Gasteiger partial charge on any atom is -0.405 e. The van der Waals surface area contributed by atoms with E-state index in [1.807, 2.05) is 55.4 Å².